The summed E-state index contributed by atoms with van der Waals surface area (Å²) >= 11 is 0. The fourth-order valence-corrected chi connectivity index (χ4v) is 5.95. The Morgan fingerprint density at radius 2 is 2.00 bits per heavy atom. The van der Waals surface area contributed by atoms with E-state index in [0.29, 0.717) is 23.8 Å². The van der Waals surface area contributed by atoms with E-state index in [0.717, 1.165) is 12.8 Å². The topological polar surface area (TPSA) is 80.0 Å². The number of halogens is 1. The summed E-state index contributed by atoms with van der Waals surface area (Å²) in [6.07, 6.45) is 2.48. The Bertz CT molecular complexity index is 916. The van der Waals surface area contributed by atoms with Crippen molar-refractivity contribution in [1.29, 1.82) is 0 Å². The van der Waals surface area contributed by atoms with Crippen LogP contribution in [0.4, 0.5) is 4.39 Å². The van der Waals surface area contributed by atoms with Crippen LogP contribution in [0.1, 0.15) is 70.3 Å². The van der Waals surface area contributed by atoms with Crippen LogP contribution < -0.4 is 10.5 Å². The van der Waals surface area contributed by atoms with Crippen molar-refractivity contribution in [3.8, 4) is 5.75 Å². The number of esters is 1. The highest BCUT2D eigenvalue weighted by Gasteiger charge is 2.68. The van der Waals surface area contributed by atoms with E-state index in [1.54, 1.807) is 26.8 Å². The standard InChI is InChI=1S/C24H35BFNO5/c1-22(2,3)30-21(28)19-15(26)9-8-13(20(19)29-7)10-18(27)25-31-17-12-14-11-16(23(14,4)5)24(17,6)32-25/h8-9,14,16-18H,10-12,27H2,1-7H3/t14-,16-,17+,18-,24-/m0/s1. The molecule has 1 heterocycles. The van der Waals surface area contributed by atoms with Crippen molar-refractivity contribution >= 4 is 13.1 Å². The second kappa shape index (κ2) is 7.71. The van der Waals surface area contributed by atoms with Gasteiger partial charge in [0.1, 0.15) is 22.7 Å². The van der Waals surface area contributed by atoms with Crippen LogP contribution in [-0.4, -0.2) is 43.4 Å². The SMILES string of the molecule is COc1c(C[C@H](N)B2O[C@@H]3C[C@@H]4C[C@@H](C4(C)C)[C@]3(C)O2)ccc(F)c1C(=O)OC(C)(C)C. The minimum absolute atomic E-state index is 0.0303. The van der Waals surface area contributed by atoms with Crippen LogP contribution in [0.25, 0.3) is 0 Å². The average molecular weight is 447 g/mol. The normalized spacial score (nSPS) is 31.5. The number of methoxy groups -OCH3 is 1. The molecule has 0 unspecified atom stereocenters. The summed E-state index contributed by atoms with van der Waals surface area (Å²) in [5.74, 6) is -0.727. The second-order valence-electron chi connectivity index (χ2n) is 11.3. The Hall–Kier alpha value is -1.64. The third kappa shape index (κ3) is 3.74. The Balaban J connectivity index is 1.54. The van der Waals surface area contributed by atoms with Gasteiger partial charge in [-0.25, -0.2) is 9.18 Å². The summed E-state index contributed by atoms with van der Waals surface area (Å²) in [5.41, 5.74) is 6.05. The fourth-order valence-electron chi connectivity index (χ4n) is 5.95. The number of hydrogen-bond acceptors (Lipinski definition) is 6. The molecule has 32 heavy (non-hydrogen) atoms. The lowest BCUT2D eigenvalue weighted by molar-refractivity contribution is -0.199. The Labute approximate surface area is 190 Å². The Morgan fingerprint density at radius 1 is 1.31 bits per heavy atom. The molecule has 0 radical (unpaired) electrons. The smallest absolute Gasteiger partial charge is 0.475 e. The van der Waals surface area contributed by atoms with Crippen molar-refractivity contribution in [3.63, 3.8) is 0 Å². The predicted octanol–water partition coefficient (Wildman–Crippen LogP) is 3.93. The quantitative estimate of drug-likeness (QED) is 0.545. The van der Waals surface area contributed by atoms with Crippen molar-refractivity contribution in [1.82, 2.24) is 0 Å². The monoisotopic (exact) mass is 447 g/mol. The largest absolute Gasteiger partial charge is 0.495 e. The van der Waals surface area contributed by atoms with Crippen LogP contribution in [-0.2, 0) is 20.5 Å². The zero-order chi connectivity index (χ0) is 23.6. The molecule has 4 fully saturated rings. The average Bonchev–Trinajstić information content (AvgIpc) is 3.04. The van der Waals surface area contributed by atoms with Gasteiger partial charge < -0.3 is 24.5 Å². The van der Waals surface area contributed by atoms with E-state index < -0.39 is 30.4 Å². The maximum absolute atomic E-state index is 14.6. The van der Waals surface area contributed by atoms with Gasteiger partial charge in [0.2, 0.25) is 0 Å². The lowest BCUT2D eigenvalue weighted by Crippen LogP contribution is -2.65. The summed E-state index contributed by atoms with van der Waals surface area (Å²) in [4.78, 5) is 12.6. The molecular formula is C24H35BFNO5. The fraction of sp³-hybridized carbons (Fsp3) is 0.708. The first-order chi connectivity index (χ1) is 14.8. The van der Waals surface area contributed by atoms with Gasteiger partial charge >= 0.3 is 13.1 Å². The number of benzene rings is 1. The number of carbonyl (C=O) groups is 1. The highest BCUT2D eigenvalue weighted by molar-refractivity contribution is 6.47. The first-order valence-corrected chi connectivity index (χ1v) is 11.5. The molecule has 3 saturated carbocycles. The molecule has 5 rings (SSSR count). The molecular weight excluding hydrogens is 412 g/mol. The van der Waals surface area contributed by atoms with E-state index in [1.165, 1.54) is 13.2 Å². The summed E-state index contributed by atoms with van der Waals surface area (Å²) in [7, 11) is 0.838. The summed E-state index contributed by atoms with van der Waals surface area (Å²) in [6, 6.07) is 2.84. The molecule has 1 aromatic rings. The van der Waals surface area contributed by atoms with Crippen LogP contribution in [0, 0.1) is 23.1 Å². The molecule has 176 valence electrons. The minimum Gasteiger partial charge on any atom is -0.495 e. The molecule has 2 N–H and O–H groups in total. The molecule has 0 aromatic heterocycles. The lowest BCUT2D eigenvalue weighted by atomic mass is 9.43. The zero-order valence-electron chi connectivity index (χ0n) is 20.2. The number of nitrogens with two attached hydrogens (primary N) is 1. The molecule has 1 aromatic carbocycles. The lowest BCUT2D eigenvalue weighted by Gasteiger charge is -2.64. The van der Waals surface area contributed by atoms with Gasteiger partial charge in [-0.15, -0.1) is 0 Å². The minimum atomic E-state index is -0.767. The van der Waals surface area contributed by atoms with Gasteiger partial charge in [-0.2, -0.15) is 0 Å². The van der Waals surface area contributed by atoms with E-state index in [1.807, 2.05) is 0 Å². The predicted molar refractivity (Wildman–Crippen MR) is 120 cm³/mol. The summed E-state index contributed by atoms with van der Waals surface area (Å²) in [5, 5.41) is 0. The maximum atomic E-state index is 14.6. The van der Waals surface area contributed by atoms with Crippen LogP contribution in [0.5, 0.6) is 5.75 Å². The van der Waals surface area contributed by atoms with Gasteiger partial charge in [0.15, 0.2) is 0 Å². The third-order valence-electron chi connectivity index (χ3n) is 7.77. The van der Waals surface area contributed by atoms with Crippen LogP contribution >= 0.6 is 0 Å². The van der Waals surface area contributed by atoms with Crippen LogP contribution in [0.2, 0.25) is 0 Å². The molecule has 0 amide bonds. The number of ether oxygens (including phenoxy) is 2. The van der Waals surface area contributed by atoms with Crippen LogP contribution in [0.15, 0.2) is 12.1 Å². The molecule has 1 aliphatic heterocycles. The molecule has 1 saturated heterocycles. The number of rotatable bonds is 5. The Morgan fingerprint density at radius 3 is 2.59 bits per heavy atom. The molecule has 6 nitrogen and oxygen atoms in total. The molecule has 0 spiro atoms. The van der Waals surface area contributed by atoms with Crippen molar-refractivity contribution in [2.75, 3.05) is 7.11 Å². The van der Waals surface area contributed by atoms with Crippen molar-refractivity contribution in [2.45, 2.75) is 84.1 Å². The molecule has 5 atom stereocenters. The highest BCUT2D eigenvalue weighted by Crippen LogP contribution is 2.65. The first kappa shape index (κ1) is 23.5. The molecule has 8 heteroatoms. The van der Waals surface area contributed by atoms with E-state index in [4.69, 9.17) is 24.5 Å². The van der Waals surface area contributed by atoms with E-state index in [9.17, 15) is 9.18 Å². The van der Waals surface area contributed by atoms with Gasteiger partial charge in [0.05, 0.1) is 18.8 Å². The van der Waals surface area contributed by atoms with Gasteiger partial charge in [-0.05, 0) is 75.8 Å². The van der Waals surface area contributed by atoms with Gasteiger partial charge in [-0.1, -0.05) is 19.9 Å². The highest BCUT2D eigenvalue weighted by atomic mass is 19.1. The van der Waals surface area contributed by atoms with E-state index in [2.05, 4.69) is 20.8 Å². The van der Waals surface area contributed by atoms with E-state index in [-0.39, 0.29) is 28.4 Å². The first-order valence-electron chi connectivity index (χ1n) is 11.5. The zero-order valence-corrected chi connectivity index (χ0v) is 20.2. The molecule has 4 aliphatic rings. The summed E-state index contributed by atoms with van der Waals surface area (Å²) in [6.45, 7) is 12.0. The number of hydrogen-bond donors (Lipinski definition) is 1. The number of carbonyl (C=O) groups excluding carboxylic acids is 1. The maximum Gasteiger partial charge on any atom is 0.475 e. The summed E-state index contributed by atoms with van der Waals surface area (Å²) < 4.78 is 38.2. The molecule has 2 bridgehead atoms. The third-order valence-corrected chi connectivity index (χ3v) is 7.77. The van der Waals surface area contributed by atoms with E-state index >= 15 is 0 Å². The van der Waals surface area contributed by atoms with Gasteiger partial charge in [0.25, 0.3) is 0 Å². The van der Waals surface area contributed by atoms with Crippen molar-refractivity contribution in [2.24, 2.45) is 23.0 Å². The van der Waals surface area contributed by atoms with Crippen molar-refractivity contribution in [3.05, 3.63) is 29.1 Å². The van der Waals surface area contributed by atoms with Gasteiger partial charge in [0, 0.05) is 5.94 Å². The second-order valence-corrected chi connectivity index (χ2v) is 11.3. The molecule has 3 aliphatic carbocycles. The van der Waals surface area contributed by atoms with Gasteiger partial charge in [-0.3, -0.25) is 0 Å². The van der Waals surface area contributed by atoms with Crippen LogP contribution in [0.3, 0.4) is 0 Å². The van der Waals surface area contributed by atoms with Crippen molar-refractivity contribution < 1.29 is 28.0 Å². The Kier molecular flexibility index (Phi) is 5.67.